The molecule has 0 unspecified atom stereocenters. The van der Waals surface area contributed by atoms with Crippen LogP contribution in [0.25, 0.3) is 0 Å². The number of nitrogens with zero attached hydrogens (tertiary/aromatic N) is 2. The van der Waals surface area contributed by atoms with Crippen LogP contribution in [0.2, 0.25) is 5.02 Å². The van der Waals surface area contributed by atoms with Crippen LogP contribution in [0.1, 0.15) is 13.8 Å². The summed E-state index contributed by atoms with van der Waals surface area (Å²) < 4.78 is 5.73. The van der Waals surface area contributed by atoms with Gasteiger partial charge >= 0.3 is 0 Å². The number of nitrogens with two attached hydrogens (primary N) is 1. The lowest BCUT2D eigenvalue weighted by molar-refractivity contribution is 0.460. The minimum Gasteiger partial charge on any atom is -0.457 e. The molecule has 0 radical (unpaired) electrons. The molecule has 2 N–H and O–H groups in total. The Morgan fingerprint density at radius 2 is 1.50 bits per heavy atom. The van der Waals surface area contributed by atoms with Gasteiger partial charge in [0.15, 0.2) is 5.96 Å². The molecule has 22 heavy (non-hydrogen) atoms. The number of hydrogen-bond acceptors (Lipinski definition) is 2. The van der Waals surface area contributed by atoms with E-state index in [1.165, 1.54) is 0 Å². The number of aliphatic imine (C=N–C) groups is 1. The molecule has 0 spiro atoms. The van der Waals surface area contributed by atoms with Crippen LogP contribution >= 0.6 is 11.6 Å². The van der Waals surface area contributed by atoms with Gasteiger partial charge in [-0.15, -0.1) is 0 Å². The summed E-state index contributed by atoms with van der Waals surface area (Å²) in [6.45, 7) is 5.77. The van der Waals surface area contributed by atoms with Crippen molar-refractivity contribution in [3.8, 4) is 11.5 Å². The van der Waals surface area contributed by atoms with Crippen molar-refractivity contribution in [2.45, 2.75) is 13.8 Å². The average molecular weight is 318 g/mol. The quantitative estimate of drug-likeness (QED) is 0.656. The van der Waals surface area contributed by atoms with Crippen LogP contribution in [0.15, 0.2) is 53.5 Å². The third-order valence-corrected chi connectivity index (χ3v) is 3.47. The summed E-state index contributed by atoms with van der Waals surface area (Å²) in [5, 5.41) is 0.684. The SMILES string of the molecule is CCN(CC)C(N)=Nc1ccc(Oc2ccc(Cl)cc2)cc1. The van der Waals surface area contributed by atoms with Gasteiger partial charge in [0, 0.05) is 18.1 Å². The molecule has 0 aromatic heterocycles. The number of ether oxygens (including phenoxy) is 1. The minimum atomic E-state index is 0.524. The summed E-state index contributed by atoms with van der Waals surface area (Å²) in [7, 11) is 0. The van der Waals surface area contributed by atoms with Crippen molar-refractivity contribution in [2.24, 2.45) is 10.7 Å². The van der Waals surface area contributed by atoms with Crippen LogP contribution < -0.4 is 10.5 Å². The van der Waals surface area contributed by atoms with E-state index in [1.54, 1.807) is 12.1 Å². The van der Waals surface area contributed by atoms with E-state index >= 15 is 0 Å². The van der Waals surface area contributed by atoms with Crippen LogP contribution in [0.5, 0.6) is 11.5 Å². The van der Waals surface area contributed by atoms with Gasteiger partial charge < -0.3 is 15.4 Å². The summed E-state index contributed by atoms with van der Waals surface area (Å²) in [6, 6.07) is 14.7. The first kappa shape index (κ1) is 16.2. The Morgan fingerprint density at radius 1 is 1.00 bits per heavy atom. The van der Waals surface area contributed by atoms with E-state index in [4.69, 9.17) is 22.1 Å². The van der Waals surface area contributed by atoms with Crippen LogP contribution in [-0.4, -0.2) is 23.9 Å². The first-order valence-corrected chi connectivity index (χ1v) is 7.62. The smallest absolute Gasteiger partial charge is 0.196 e. The van der Waals surface area contributed by atoms with Crippen LogP contribution in [0.4, 0.5) is 5.69 Å². The lowest BCUT2D eigenvalue weighted by Crippen LogP contribution is -2.36. The van der Waals surface area contributed by atoms with E-state index in [0.717, 1.165) is 30.3 Å². The van der Waals surface area contributed by atoms with Crippen LogP contribution in [-0.2, 0) is 0 Å². The summed E-state index contributed by atoms with van der Waals surface area (Å²) >= 11 is 5.85. The molecule has 2 rings (SSSR count). The highest BCUT2D eigenvalue weighted by atomic mass is 35.5. The molecule has 5 heteroatoms. The van der Waals surface area contributed by atoms with Gasteiger partial charge in [-0.3, -0.25) is 0 Å². The molecule has 0 fully saturated rings. The zero-order chi connectivity index (χ0) is 15.9. The van der Waals surface area contributed by atoms with Crippen LogP contribution in [0, 0.1) is 0 Å². The number of benzene rings is 2. The zero-order valence-corrected chi connectivity index (χ0v) is 13.5. The van der Waals surface area contributed by atoms with E-state index in [2.05, 4.69) is 18.8 Å². The summed E-state index contributed by atoms with van der Waals surface area (Å²) in [5.41, 5.74) is 6.78. The van der Waals surface area contributed by atoms with E-state index in [9.17, 15) is 0 Å². The third kappa shape index (κ3) is 4.40. The Bertz CT molecular complexity index is 619. The van der Waals surface area contributed by atoms with Crippen molar-refractivity contribution in [1.82, 2.24) is 4.90 Å². The summed E-state index contributed by atoms with van der Waals surface area (Å²) in [6.07, 6.45) is 0. The monoisotopic (exact) mass is 317 g/mol. The maximum Gasteiger partial charge on any atom is 0.196 e. The van der Waals surface area contributed by atoms with E-state index in [1.807, 2.05) is 41.3 Å². The van der Waals surface area contributed by atoms with Crippen molar-refractivity contribution >= 4 is 23.2 Å². The lowest BCUT2D eigenvalue weighted by atomic mass is 10.3. The van der Waals surface area contributed by atoms with Gasteiger partial charge in [0.05, 0.1) is 5.69 Å². The van der Waals surface area contributed by atoms with Crippen molar-refractivity contribution < 1.29 is 4.74 Å². The second-order valence-electron chi connectivity index (χ2n) is 4.69. The molecule has 0 aliphatic carbocycles. The second-order valence-corrected chi connectivity index (χ2v) is 5.13. The molecule has 0 bridgehead atoms. The number of halogens is 1. The maximum absolute atomic E-state index is 5.98. The predicted molar refractivity (Wildman–Crippen MR) is 92.2 cm³/mol. The molecule has 2 aromatic rings. The molecular formula is C17H20ClN3O. The highest BCUT2D eigenvalue weighted by Crippen LogP contribution is 2.25. The van der Waals surface area contributed by atoms with Gasteiger partial charge in [-0.05, 0) is 62.4 Å². The highest BCUT2D eigenvalue weighted by molar-refractivity contribution is 6.30. The van der Waals surface area contributed by atoms with E-state index in [-0.39, 0.29) is 0 Å². The topological polar surface area (TPSA) is 50.8 Å². The number of rotatable bonds is 5. The highest BCUT2D eigenvalue weighted by Gasteiger charge is 2.03. The Labute approximate surface area is 136 Å². The molecule has 0 amide bonds. The number of hydrogen-bond donors (Lipinski definition) is 1. The fraction of sp³-hybridized carbons (Fsp3) is 0.235. The summed E-state index contributed by atoms with van der Waals surface area (Å²) in [4.78, 5) is 6.41. The molecule has 2 aromatic carbocycles. The fourth-order valence-electron chi connectivity index (χ4n) is 1.98. The second kappa shape index (κ2) is 7.71. The van der Waals surface area contributed by atoms with E-state index in [0.29, 0.717) is 11.0 Å². The molecule has 0 aliphatic rings. The fourth-order valence-corrected chi connectivity index (χ4v) is 2.10. The van der Waals surface area contributed by atoms with Crippen LogP contribution in [0.3, 0.4) is 0 Å². The minimum absolute atomic E-state index is 0.524. The van der Waals surface area contributed by atoms with Crippen molar-refractivity contribution in [3.05, 3.63) is 53.6 Å². The standard InChI is InChI=1S/C17H20ClN3O/c1-3-21(4-2)17(19)20-14-7-11-16(12-8-14)22-15-9-5-13(18)6-10-15/h5-12H,3-4H2,1-2H3,(H2,19,20). The van der Waals surface area contributed by atoms with Gasteiger partial charge in [0.2, 0.25) is 0 Å². The molecule has 116 valence electrons. The normalized spacial score (nSPS) is 11.3. The van der Waals surface area contributed by atoms with Crippen molar-refractivity contribution in [3.63, 3.8) is 0 Å². The first-order valence-electron chi connectivity index (χ1n) is 7.25. The Balaban J connectivity index is 2.07. The molecule has 0 atom stereocenters. The van der Waals surface area contributed by atoms with Crippen molar-refractivity contribution in [1.29, 1.82) is 0 Å². The average Bonchev–Trinajstić information content (AvgIpc) is 2.53. The molecular weight excluding hydrogens is 298 g/mol. The predicted octanol–water partition coefficient (Wildman–Crippen LogP) is 4.42. The van der Waals surface area contributed by atoms with E-state index < -0.39 is 0 Å². The van der Waals surface area contributed by atoms with Gasteiger partial charge in [-0.25, -0.2) is 4.99 Å². The Morgan fingerprint density at radius 3 is 2.00 bits per heavy atom. The Kier molecular flexibility index (Phi) is 5.67. The largest absolute Gasteiger partial charge is 0.457 e. The first-order chi connectivity index (χ1) is 10.6. The van der Waals surface area contributed by atoms with Gasteiger partial charge in [-0.1, -0.05) is 11.6 Å². The third-order valence-electron chi connectivity index (χ3n) is 3.22. The molecule has 0 saturated heterocycles. The van der Waals surface area contributed by atoms with Gasteiger partial charge in [-0.2, -0.15) is 0 Å². The van der Waals surface area contributed by atoms with Gasteiger partial charge in [0.25, 0.3) is 0 Å². The molecule has 0 heterocycles. The number of guanidine groups is 1. The Hall–Kier alpha value is -2.20. The zero-order valence-electron chi connectivity index (χ0n) is 12.8. The van der Waals surface area contributed by atoms with Gasteiger partial charge in [0.1, 0.15) is 11.5 Å². The molecule has 0 aliphatic heterocycles. The molecule has 0 saturated carbocycles. The molecule has 4 nitrogen and oxygen atoms in total. The maximum atomic E-state index is 5.98. The lowest BCUT2D eigenvalue weighted by Gasteiger charge is -2.19. The summed E-state index contributed by atoms with van der Waals surface area (Å²) in [5.74, 6) is 2.00. The van der Waals surface area contributed by atoms with Crippen molar-refractivity contribution in [2.75, 3.05) is 13.1 Å².